The Morgan fingerprint density at radius 1 is 1.00 bits per heavy atom. The second-order valence-corrected chi connectivity index (χ2v) is 8.91. The van der Waals surface area contributed by atoms with Crippen LogP contribution in [0.15, 0.2) is 41.8 Å². The van der Waals surface area contributed by atoms with Crippen molar-refractivity contribution >= 4 is 23.2 Å². The van der Waals surface area contributed by atoms with Gasteiger partial charge in [-0.1, -0.05) is 44.4 Å². The molecular formula is C24H33FN2O2S. The van der Waals surface area contributed by atoms with E-state index in [4.69, 9.17) is 0 Å². The summed E-state index contributed by atoms with van der Waals surface area (Å²) in [5, 5.41) is 1.98. The molecule has 1 heterocycles. The molecule has 0 radical (unpaired) electrons. The van der Waals surface area contributed by atoms with Crippen molar-refractivity contribution < 1.29 is 14.0 Å². The Morgan fingerprint density at radius 3 is 2.33 bits per heavy atom. The zero-order chi connectivity index (χ0) is 21.9. The summed E-state index contributed by atoms with van der Waals surface area (Å²) in [5.74, 6) is -0.356. The molecule has 0 spiro atoms. The monoisotopic (exact) mass is 432 g/mol. The summed E-state index contributed by atoms with van der Waals surface area (Å²) in [6, 6.07) is 10.1. The lowest BCUT2D eigenvalue weighted by Crippen LogP contribution is -2.45. The minimum atomic E-state index is -0.297. The van der Waals surface area contributed by atoms with Gasteiger partial charge < -0.3 is 9.80 Å². The van der Waals surface area contributed by atoms with Crippen LogP contribution in [0.5, 0.6) is 0 Å². The molecule has 30 heavy (non-hydrogen) atoms. The van der Waals surface area contributed by atoms with Crippen molar-refractivity contribution in [2.45, 2.75) is 72.0 Å². The summed E-state index contributed by atoms with van der Waals surface area (Å²) in [6.45, 7) is 6.96. The largest absolute Gasteiger partial charge is 0.332 e. The third-order valence-corrected chi connectivity index (χ3v) is 5.92. The molecule has 0 bridgehead atoms. The quantitative estimate of drug-likeness (QED) is 0.408. The molecule has 164 valence electrons. The lowest BCUT2D eigenvalue weighted by molar-refractivity contribution is -0.142. The predicted molar refractivity (Wildman–Crippen MR) is 121 cm³/mol. The maximum Gasteiger partial charge on any atom is 0.242 e. The number of unbranched alkanes of at least 4 members (excludes halogenated alkanes) is 3. The van der Waals surface area contributed by atoms with Crippen molar-refractivity contribution in [3.63, 3.8) is 0 Å². The summed E-state index contributed by atoms with van der Waals surface area (Å²) in [5.41, 5.74) is 0.864. The van der Waals surface area contributed by atoms with E-state index in [0.29, 0.717) is 19.5 Å². The van der Waals surface area contributed by atoms with Gasteiger partial charge in [0.1, 0.15) is 5.82 Å². The van der Waals surface area contributed by atoms with Crippen molar-refractivity contribution in [1.29, 1.82) is 0 Å². The summed E-state index contributed by atoms with van der Waals surface area (Å²) < 4.78 is 13.3. The van der Waals surface area contributed by atoms with Gasteiger partial charge in [0.05, 0.1) is 13.1 Å². The molecule has 0 saturated heterocycles. The van der Waals surface area contributed by atoms with E-state index in [-0.39, 0.29) is 30.2 Å². The third kappa shape index (κ3) is 7.90. The van der Waals surface area contributed by atoms with Gasteiger partial charge in [0.25, 0.3) is 0 Å². The molecule has 0 saturated carbocycles. The van der Waals surface area contributed by atoms with Gasteiger partial charge in [0.15, 0.2) is 0 Å². The van der Waals surface area contributed by atoms with E-state index in [9.17, 15) is 14.0 Å². The number of benzene rings is 1. The second kappa shape index (κ2) is 12.5. The first-order valence-electron chi connectivity index (χ1n) is 10.7. The van der Waals surface area contributed by atoms with Crippen LogP contribution in [0.4, 0.5) is 4.39 Å². The van der Waals surface area contributed by atoms with Crippen LogP contribution >= 0.6 is 11.3 Å². The molecule has 0 atom stereocenters. The van der Waals surface area contributed by atoms with Crippen molar-refractivity contribution in [3.8, 4) is 0 Å². The van der Waals surface area contributed by atoms with Crippen molar-refractivity contribution in [1.82, 2.24) is 9.80 Å². The normalized spacial score (nSPS) is 11.0. The Balaban J connectivity index is 2.07. The van der Waals surface area contributed by atoms with Crippen LogP contribution in [-0.2, 0) is 22.7 Å². The summed E-state index contributed by atoms with van der Waals surface area (Å²) >= 11 is 1.59. The highest BCUT2D eigenvalue weighted by Crippen LogP contribution is 2.16. The number of hydrogen-bond acceptors (Lipinski definition) is 3. The maximum absolute atomic E-state index is 13.3. The molecule has 1 aromatic heterocycles. The molecule has 0 aliphatic rings. The Bertz CT molecular complexity index is 775. The van der Waals surface area contributed by atoms with Gasteiger partial charge in [-0.05, 0) is 49.4 Å². The van der Waals surface area contributed by atoms with Crippen LogP contribution < -0.4 is 0 Å². The fraction of sp³-hybridized carbons (Fsp3) is 0.500. The van der Waals surface area contributed by atoms with E-state index < -0.39 is 0 Å². The van der Waals surface area contributed by atoms with E-state index in [1.807, 2.05) is 31.4 Å². The average molecular weight is 433 g/mol. The number of carbonyl (C=O) groups is 2. The maximum atomic E-state index is 13.3. The average Bonchev–Trinajstić information content (AvgIpc) is 3.23. The Morgan fingerprint density at radius 2 is 1.73 bits per heavy atom. The number of hydrogen-bond donors (Lipinski definition) is 0. The smallest absolute Gasteiger partial charge is 0.242 e. The molecule has 4 nitrogen and oxygen atoms in total. The standard InChI is InChI=1S/C24H33FN2O2S/c1-4-5-6-7-10-23(28)27(19(2)3)18-24(29)26(17-22-9-8-15-30-22)16-20-11-13-21(25)14-12-20/h8-9,11-15,19H,4-7,10,16-18H2,1-3H3. The summed E-state index contributed by atoms with van der Waals surface area (Å²) in [7, 11) is 0. The molecule has 2 aromatic rings. The van der Waals surface area contributed by atoms with E-state index >= 15 is 0 Å². The molecule has 0 aliphatic heterocycles. The van der Waals surface area contributed by atoms with Crippen LogP contribution in [0, 0.1) is 5.82 Å². The molecule has 0 unspecified atom stereocenters. The minimum Gasteiger partial charge on any atom is -0.332 e. The van der Waals surface area contributed by atoms with Gasteiger partial charge in [-0.3, -0.25) is 9.59 Å². The van der Waals surface area contributed by atoms with Gasteiger partial charge in [-0.15, -0.1) is 11.3 Å². The zero-order valence-corrected chi connectivity index (χ0v) is 19.1. The van der Waals surface area contributed by atoms with E-state index in [1.54, 1.807) is 33.3 Å². The highest BCUT2D eigenvalue weighted by Gasteiger charge is 2.23. The lowest BCUT2D eigenvalue weighted by Gasteiger charge is -2.30. The molecule has 2 amide bonds. The fourth-order valence-electron chi connectivity index (χ4n) is 3.28. The van der Waals surface area contributed by atoms with Gasteiger partial charge in [0.2, 0.25) is 11.8 Å². The number of thiophene rings is 1. The van der Waals surface area contributed by atoms with Crippen LogP contribution in [0.3, 0.4) is 0 Å². The number of rotatable bonds is 12. The topological polar surface area (TPSA) is 40.6 Å². The van der Waals surface area contributed by atoms with Crippen molar-refractivity contribution in [2.24, 2.45) is 0 Å². The van der Waals surface area contributed by atoms with E-state index in [1.165, 1.54) is 12.1 Å². The molecule has 1 aromatic carbocycles. The van der Waals surface area contributed by atoms with Gasteiger partial charge in [-0.2, -0.15) is 0 Å². The molecule has 2 rings (SSSR count). The highest BCUT2D eigenvalue weighted by atomic mass is 32.1. The van der Waals surface area contributed by atoms with Gasteiger partial charge >= 0.3 is 0 Å². The third-order valence-electron chi connectivity index (χ3n) is 5.06. The Kier molecular flexibility index (Phi) is 10.0. The predicted octanol–water partition coefficient (Wildman–Crippen LogP) is 5.62. The summed E-state index contributed by atoms with van der Waals surface area (Å²) in [6.07, 6.45) is 4.63. The minimum absolute atomic E-state index is 0.0345. The first-order chi connectivity index (χ1) is 14.4. The molecule has 6 heteroatoms. The van der Waals surface area contributed by atoms with E-state index in [0.717, 1.165) is 36.1 Å². The van der Waals surface area contributed by atoms with Crippen LogP contribution in [0.25, 0.3) is 0 Å². The highest BCUT2D eigenvalue weighted by molar-refractivity contribution is 7.09. The number of nitrogens with zero attached hydrogens (tertiary/aromatic N) is 2. The van der Waals surface area contributed by atoms with Gasteiger partial charge in [-0.25, -0.2) is 4.39 Å². The molecular weight excluding hydrogens is 399 g/mol. The van der Waals surface area contributed by atoms with Crippen molar-refractivity contribution in [2.75, 3.05) is 6.54 Å². The second-order valence-electron chi connectivity index (χ2n) is 7.88. The van der Waals surface area contributed by atoms with Crippen molar-refractivity contribution in [3.05, 3.63) is 58.0 Å². The first kappa shape index (κ1) is 24.1. The lowest BCUT2D eigenvalue weighted by atomic mass is 10.1. The zero-order valence-electron chi connectivity index (χ0n) is 18.3. The Hall–Kier alpha value is -2.21. The molecule has 0 N–H and O–H groups in total. The summed E-state index contributed by atoms with van der Waals surface area (Å²) in [4.78, 5) is 30.4. The number of carbonyl (C=O) groups excluding carboxylic acids is 2. The van der Waals surface area contributed by atoms with Gasteiger partial charge in [0, 0.05) is 23.9 Å². The SMILES string of the molecule is CCCCCCC(=O)N(CC(=O)N(Cc1ccc(F)cc1)Cc1cccs1)C(C)C. The van der Waals surface area contributed by atoms with Crippen LogP contribution in [-0.4, -0.2) is 34.2 Å². The number of amides is 2. The first-order valence-corrected chi connectivity index (χ1v) is 11.6. The molecule has 0 fully saturated rings. The number of halogens is 1. The Labute approximate surface area is 183 Å². The fourth-order valence-corrected chi connectivity index (χ4v) is 4.00. The van der Waals surface area contributed by atoms with Crippen LogP contribution in [0.2, 0.25) is 0 Å². The van der Waals surface area contributed by atoms with Crippen LogP contribution in [0.1, 0.15) is 63.3 Å². The molecule has 0 aliphatic carbocycles. The van der Waals surface area contributed by atoms with E-state index in [2.05, 4.69) is 6.92 Å².